The van der Waals surface area contributed by atoms with E-state index < -0.39 is 8.32 Å². The van der Waals surface area contributed by atoms with E-state index in [0.29, 0.717) is 0 Å². The lowest BCUT2D eigenvalue weighted by molar-refractivity contribution is 0.492. The van der Waals surface area contributed by atoms with Gasteiger partial charge < -0.3 is 9.74 Å². The van der Waals surface area contributed by atoms with E-state index in [1.807, 2.05) is 37.4 Å². The molecule has 0 aliphatic heterocycles. The fraction of sp³-hybridized carbons (Fsp3) is 0.389. The van der Waals surface area contributed by atoms with Gasteiger partial charge in [0.1, 0.15) is 5.75 Å². The summed E-state index contributed by atoms with van der Waals surface area (Å²) >= 11 is 0. The first-order valence-electron chi connectivity index (χ1n) is 7.66. The van der Waals surface area contributed by atoms with Crippen LogP contribution in [0.1, 0.15) is 26.5 Å². The molecule has 0 radical (unpaired) electrons. The molecule has 1 aromatic heterocycles. The van der Waals surface area contributed by atoms with Gasteiger partial charge >= 0.3 is 0 Å². The fourth-order valence-electron chi connectivity index (χ4n) is 1.84. The first-order valence-corrected chi connectivity index (χ1v) is 10.6. The first kappa shape index (κ1) is 16.6. The van der Waals surface area contributed by atoms with E-state index in [4.69, 9.17) is 4.43 Å². The van der Waals surface area contributed by atoms with E-state index in [0.717, 1.165) is 22.8 Å². The smallest absolute Gasteiger partial charge is 0.250 e. The summed E-state index contributed by atoms with van der Waals surface area (Å²) in [6, 6.07) is 12.2. The number of aromatic nitrogens is 1. The monoisotopic (exact) mass is 314 g/mol. The zero-order chi connectivity index (χ0) is 16.4. The van der Waals surface area contributed by atoms with Crippen molar-refractivity contribution >= 4 is 19.7 Å². The minimum atomic E-state index is -1.77. The summed E-state index contributed by atoms with van der Waals surface area (Å²) in [6.45, 7) is 13.3. The molecule has 0 atom stereocenters. The second-order valence-corrected chi connectivity index (χ2v) is 11.9. The highest BCUT2D eigenvalue weighted by molar-refractivity contribution is 6.74. The molecule has 0 saturated heterocycles. The van der Waals surface area contributed by atoms with Crippen LogP contribution in [-0.4, -0.2) is 13.3 Å². The predicted octanol–water partition coefficient (Wildman–Crippen LogP) is 5.52. The summed E-state index contributed by atoms with van der Waals surface area (Å²) in [5.41, 5.74) is 3.10. The summed E-state index contributed by atoms with van der Waals surface area (Å²) in [6.07, 6.45) is 1.81. The number of hydrogen-bond donors (Lipinski definition) is 1. The molecule has 4 heteroatoms. The van der Waals surface area contributed by atoms with E-state index in [-0.39, 0.29) is 5.04 Å². The highest BCUT2D eigenvalue weighted by atomic mass is 28.4. The molecule has 0 spiro atoms. The molecule has 1 aromatic carbocycles. The van der Waals surface area contributed by atoms with Crippen molar-refractivity contribution in [3.8, 4) is 5.75 Å². The number of pyridine rings is 1. The molecule has 0 aliphatic carbocycles. The Morgan fingerprint density at radius 3 is 2.18 bits per heavy atom. The SMILES string of the molecule is Cc1cc(Nc2ccc(O[Si](C)(C)C(C)(C)C)cc2)ccn1. The summed E-state index contributed by atoms with van der Waals surface area (Å²) in [5, 5.41) is 3.59. The highest BCUT2D eigenvalue weighted by Crippen LogP contribution is 2.37. The summed E-state index contributed by atoms with van der Waals surface area (Å²) < 4.78 is 6.29. The Bertz CT molecular complexity index is 630. The minimum Gasteiger partial charge on any atom is -0.544 e. The molecule has 0 fully saturated rings. The topological polar surface area (TPSA) is 34.1 Å². The molecule has 2 rings (SSSR count). The van der Waals surface area contributed by atoms with Crippen molar-refractivity contribution in [1.29, 1.82) is 0 Å². The lowest BCUT2D eigenvalue weighted by Gasteiger charge is -2.36. The summed E-state index contributed by atoms with van der Waals surface area (Å²) in [7, 11) is -1.77. The van der Waals surface area contributed by atoms with E-state index >= 15 is 0 Å². The molecule has 3 nitrogen and oxygen atoms in total. The maximum atomic E-state index is 6.29. The quantitative estimate of drug-likeness (QED) is 0.755. The molecule has 1 N–H and O–H groups in total. The van der Waals surface area contributed by atoms with Crippen LogP contribution in [0.2, 0.25) is 18.1 Å². The van der Waals surface area contributed by atoms with Crippen molar-refractivity contribution in [2.75, 3.05) is 5.32 Å². The second kappa shape index (κ2) is 6.13. The van der Waals surface area contributed by atoms with Crippen molar-refractivity contribution in [2.24, 2.45) is 0 Å². The number of hydrogen-bond acceptors (Lipinski definition) is 3. The third kappa shape index (κ3) is 4.10. The van der Waals surface area contributed by atoms with Crippen LogP contribution in [0, 0.1) is 6.92 Å². The molecule has 0 unspecified atom stereocenters. The Morgan fingerprint density at radius 1 is 1.00 bits per heavy atom. The molecule has 0 aliphatic rings. The average Bonchev–Trinajstić information content (AvgIpc) is 2.39. The Balaban J connectivity index is 2.08. The van der Waals surface area contributed by atoms with Gasteiger partial charge in [0.2, 0.25) is 8.32 Å². The van der Waals surface area contributed by atoms with Gasteiger partial charge in [0.05, 0.1) is 0 Å². The molecule has 118 valence electrons. The predicted molar refractivity (Wildman–Crippen MR) is 96.5 cm³/mol. The van der Waals surface area contributed by atoms with E-state index in [2.05, 4.69) is 56.3 Å². The second-order valence-electron chi connectivity index (χ2n) is 7.20. The minimum absolute atomic E-state index is 0.207. The standard InChI is InChI=1S/C18H26N2OSi/c1-14-13-16(11-12-19-14)20-15-7-9-17(10-8-15)21-22(5,6)18(2,3)4/h7-13H,1-6H3,(H,19,20). The van der Waals surface area contributed by atoms with Crippen LogP contribution in [0.25, 0.3) is 0 Å². The zero-order valence-electron chi connectivity index (χ0n) is 14.4. The molecular formula is C18H26N2OSi. The van der Waals surface area contributed by atoms with Crippen molar-refractivity contribution in [2.45, 2.75) is 45.8 Å². The van der Waals surface area contributed by atoms with E-state index in [9.17, 15) is 0 Å². The zero-order valence-corrected chi connectivity index (χ0v) is 15.4. The van der Waals surface area contributed by atoms with Crippen molar-refractivity contribution < 1.29 is 4.43 Å². The number of nitrogens with zero attached hydrogens (tertiary/aromatic N) is 1. The van der Waals surface area contributed by atoms with Gasteiger partial charge in [0.15, 0.2) is 0 Å². The highest BCUT2D eigenvalue weighted by Gasteiger charge is 2.38. The third-order valence-electron chi connectivity index (χ3n) is 4.22. The number of nitrogens with one attached hydrogen (secondary N) is 1. The van der Waals surface area contributed by atoms with Crippen LogP contribution in [0.5, 0.6) is 5.75 Å². The van der Waals surface area contributed by atoms with Gasteiger partial charge in [0.25, 0.3) is 0 Å². The summed E-state index contributed by atoms with van der Waals surface area (Å²) in [5.74, 6) is 0.947. The maximum Gasteiger partial charge on any atom is 0.250 e. The van der Waals surface area contributed by atoms with Gasteiger partial charge in [-0.15, -0.1) is 0 Å². The van der Waals surface area contributed by atoms with Gasteiger partial charge in [0, 0.05) is 23.3 Å². The Labute approximate surface area is 134 Å². The molecule has 1 heterocycles. The number of anilines is 2. The van der Waals surface area contributed by atoms with Gasteiger partial charge in [-0.05, 0) is 61.5 Å². The Morgan fingerprint density at radius 2 is 1.64 bits per heavy atom. The molecular weight excluding hydrogens is 288 g/mol. The molecule has 0 saturated carbocycles. The number of benzene rings is 1. The van der Waals surface area contributed by atoms with Crippen LogP contribution in [0.15, 0.2) is 42.6 Å². The van der Waals surface area contributed by atoms with Crippen LogP contribution < -0.4 is 9.74 Å². The average molecular weight is 315 g/mol. The molecule has 2 aromatic rings. The molecule has 22 heavy (non-hydrogen) atoms. The van der Waals surface area contributed by atoms with Gasteiger partial charge in [-0.3, -0.25) is 4.98 Å². The number of rotatable bonds is 4. The van der Waals surface area contributed by atoms with E-state index in [1.54, 1.807) is 0 Å². The number of aryl methyl sites for hydroxylation is 1. The third-order valence-corrected chi connectivity index (χ3v) is 8.58. The van der Waals surface area contributed by atoms with E-state index in [1.165, 1.54) is 0 Å². The van der Waals surface area contributed by atoms with Gasteiger partial charge in [-0.2, -0.15) is 0 Å². The first-order chi connectivity index (χ1) is 10.2. The lowest BCUT2D eigenvalue weighted by atomic mass is 10.2. The lowest BCUT2D eigenvalue weighted by Crippen LogP contribution is -2.43. The van der Waals surface area contributed by atoms with Crippen molar-refractivity contribution in [3.05, 3.63) is 48.3 Å². The van der Waals surface area contributed by atoms with Crippen molar-refractivity contribution in [3.63, 3.8) is 0 Å². The molecule has 0 bridgehead atoms. The van der Waals surface area contributed by atoms with Crippen LogP contribution in [0.4, 0.5) is 11.4 Å². The Hall–Kier alpha value is -1.81. The molecule has 0 amide bonds. The largest absolute Gasteiger partial charge is 0.544 e. The normalized spacial score (nSPS) is 12.1. The summed E-state index contributed by atoms with van der Waals surface area (Å²) in [4.78, 5) is 4.20. The Kier molecular flexibility index (Phi) is 4.61. The maximum absolute atomic E-state index is 6.29. The van der Waals surface area contributed by atoms with Gasteiger partial charge in [-0.1, -0.05) is 20.8 Å². The fourth-order valence-corrected chi connectivity index (χ4v) is 2.88. The van der Waals surface area contributed by atoms with Crippen LogP contribution in [-0.2, 0) is 0 Å². The van der Waals surface area contributed by atoms with Crippen LogP contribution >= 0.6 is 0 Å². The van der Waals surface area contributed by atoms with Crippen LogP contribution in [0.3, 0.4) is 0 Å². The van der Waals surface area contributed by atoms with Crippen molar-refractivity contribution in [1.82, 2.24) is 4.98 Å². The van der Waals surface area contributed by atoms with Gasteiger partial charge in [-0.25, -0.2) is 0 Å².